The maximum absolute atomic E-state index is 11.3. The first kappa shape index (κ1) is 16.2. The first-order chi connectivity index (χ1) is 8.93. The van der Waals surface area contributed by atoms with Gasteiger partial charge in [-0.15, -0.1) is 0 Å². The van der Waals surface area contributed by atoms with Gasteiger partial charge in [-0.1, -0.05) is 13.8 Å². The van der Waals surface area contributed by atoms with Gasteiger partial charge in [0.05, 0.1) is 11.5 Å². The molecule has 2 N–H and O–H groups in total. The molecule has 0 amide bonds. The molecule has 0 atom stereocenters. The van der Waals surface area contributed by atoms with Gasteiger partial charge in [-0.2, -0.15) is 0 Å². The van der Waals surface area contributed by atoms with Gasteiger partial charge in [0, 0.05) is 39.8 Å². The first-order valence-corrected chi connectivity index (χ1v) is 8.62. The fraction of sp³-hybridized carbons (Fsp3) is 0.917. The minimum atomic E-state index is -2.78. The molecule has 0 spiro atoms. The molecule has 1 aliphatic heterocycles. The zero-order valence-electron chi connectivity index (χ0n) is 12.1. The van der Waals surface area contributed by atoms with Crippen molar-refractivity contribution in [1.29, 1.82) is 0 Å². The van der Waals surface area contributed by atoms with Crippen LogP contribution in [0.5, 0.6) is 0 Å². The minimum absolute atomic E-state index is 0.285. The summed E-state index contributed by atoms with van der Waals surface area (Å²) in [7, 11) is -1.02. The lowest BCUT2D eigenvalue weighted by Gasteiger charge is -2.26. The highest BCUT2D eigenvalue weighted by atomic mass is 32.2. The second-order valence-corrected chi connectivity index (χ2v) is 7.57. The van der Waals surface area contributed by atoms with Gasteiger partial charge in [-0.3, -0.25) is 9.89 Å². The summed E-state index contributed by atoms with van der Waals surface area (Å²) < 4.78 is 22.6. The van der Waals surface area contributed by atoms with Crippen LogP contribution >= 0.6 is 0 Å². The molecular weight excluding hydrogens is 264 g/mol. The third-order valence-corrected chi connectivity index (χ3v) is 4.67. The number of aliphatic imine (C=N–C) groups is 1. The summed E-state index contributed by atoms with van der Waals surface area (Å²) >= 11 is 0. The molecule has 0 saturated carbocycles. The highest BCUT2D eigenvalue weighted by Crippen LogP contribution is 2.02. The first-order valence-electron chi connectivity index (χ1n) is 6.80. The molecule has 0 radical (unpaired) electrons. The van der Waals surface area contributed by atoms with Crippen molar-refractivity contribution in [2.24, 2.45) is 10.9 Å². The molecule has 112 valence electrons. The number of sulfone groups is 1. The number of nitrogens with zero attached hydrogens (tertiary/aromatic N) is 2. The molecule has 0 aliphatic carbocycles. The van der Waals surface area contributed by atoms with Crippen molar-refractivity contribution in [1.82, 2.24) is 15.5 Å². The molecule has 19 heavy (non-hydrogen) atoms. The van der Waals surface area contributed by atoms with Crippen LogP contribution in [-0.2, 0) is 9.84 Å². The zero-order chi connectivity index (χ0) is 14.3. The van der Waals surface area contributed by atoms with E-state index in [9.17, 15) is 8.42 Å². The second kappa shape index (κ2) is 7.69. The van der Waals surface area contributed by atoms with Crippen LogP contribution in [0.4, 0.5) is 0 Å². The largest absolute Gasteiger partial charge is 0.356 e. The molecule has 1 aliphatic rings. The maximum Gasteiger partial charge on any atom is 0.191 e. The normalized spacial score (nSPS) is 20.5. The number of nitrogens with one attached hydrogen (secondary N) is 2. The topological polar surface area (TPSA) is 73.8 Å². The Morgan fingerprint density at radius 3 is 2.42 bits per heavy atom. The highest BCUT2D eigenvalue weighted by molar-refractivity contribution is 7.91. The Bertz CT molecular complexity index is 379. The number of hydrogen-bond donors (Lipinski definition) is 2. The van der Waals surface area contributed by atoms with Gasteiger partial charge in [0.2, 0.25) is 0 Å². The van der Waals surface area contributed by atoms with Crippen LogP contribution in [0.1, 0.15) is 13.8 Å². The van der Waals surface area contributed by atoms with Crippen molar-refractivity contribution in [2.45, 2.75) is 13.8 Å². The summed E-state index contributed by atoms with van der Waals surface area (Å²) in [5.41, 5.74) is 0. The van der Waals surface area contributed by atoms with Crippen LogP contribution < -0.4 is 10.6 Å². The Kier molecular flexibility index (Phi) is 6.57. The predicted octanol–water partition coefficient (Wildman–Crippen LogP) is -0.462. The van der Waals surface area contributed by atoms with E-state index in [-0.39, 0.29) is 11.5 Å². The van der Waals surface area contributed by atoms with Crippen molar-refractivity contribution in [3.63, 3.8) is 0 Å². The van der Waals surface area contributed by atoms with Crippen LogP contribution in [0.2, 0.25) is 0 Å². The monoisotopic (exact) mass is 290 g/mol. The molecule has 0 aromatic rings. The Morgan fingerprint density at radius 1 is 1.26 bits per heavy atom. The van der Waals surface area contributed by atoms with Gasteiger partial charge >= 0.3 is 0 Å². The van der Waals surface area contributed by atoms with E-state index in [1.54, 1.807) is 7.05 Å². The van der Waals surface area contributed by atoms with Crippen molar-refractivity contribution in [3.8, 4) is 0 Å². The van der Waals surface area contributed by atoms with Gasteiger partial charge < -0.3 is 10.6 Å². The van der Waals surface area contributed by atoms with Crippen LogP contribution in [-0.4, -0.2) is 70.6 Å². The van der Waals surface area contributed by atoms with E-state index in [0.717, 1.165) is 25.6 Å². The van der Waals surface area contributed by atoms with Crippen LogP contribution in [0, 0.1) is 5.92 Å². The fourth-order valence-corrected chi connectivity index (χ4v) is 3.10. The molecule has 1 rings (SSSR count). The Morgan fingerprint density at radius 2 is 1.89 bits per heavy atom. The average Bonchev–Trinajstić information content (AvgIpc) is 2.35. The summed E-state index contributed by atoms with van der Waals surface area (Å²) in [4.78, 5) is 6.32. The minimum Gasteiger partial charge on any atom is -0.356 e. The smallest absolute Gasteiger partial charge is 0.191 e. The summed E-state index contributed by atoms with van der Waals surface area (Å²) in [6.45, 7) is 8.09. The van der Waals surface area contributed by atoms with Crippen molar-refractivity contribution >= 4 is 15.8 Å². The zero-order valence-corrected chi connectivity index (χ0v) is 13.0. The van der Waals surface area contributed by atoms with Crippen LogP contribution in [0.3, 0.4) is 0 Å². The van der Waals surface area contributed by atoms with E-state index in [2.05, 4.69) is 34.4 Å². The van der Waals surface area contributed by atoms with Crippen molar-refractivity contribution in [2.75, 3.05) is 51.3 Å². The lowest BCUT2D eigenvalue weighted by Crippen LogP contribution is -2.46. The molecule has 0 unspecified atom stereocenters. The van der Waals surface area contributed by atoms with Gasteiger partial charge in [-0.25, -0.2) is 8.42 Å². The average molecular weight is 290 g/mol. The summed E-state index contributed by atoms with van der Waals surface area (Å²) in [5.74, 6) is 1.95. The lowest BCUT2D eigenvalue weighted by atomic mass is 10.2. The summed E-state index contributed by atoms with van der Waals surface area (Å²) in [6, 6.07) is 0. The van der Waals surface area contributed by atoms with Crippen LogP contribution in [0.25, 0.3) is 0 Å². The lowest BCUT2D eigenvalue weighted by molar-refractivity contribution is 0.299. The molecule has 0 bridgehead atoms. The SMILES string of the molecule is CN=C(NCCN1CCS(=O)(=O)CC1)NCC(C)C. The van der Waals surface area contributed by atoms with E-state index in [4.69, 9.17) is 0 Å². The molecule has 0 aromatic carbocycles. The third kappa shape index (κ3) is 6.77. The number of rotatable bonds is 5. The van der Waals surface area contributed by atoms with E-state index >= 15 is 0 Å². The molecular formula is C12H26N4O2S. The van der Waals surface area contributed by atoms with Gasteiger partial charge in [0.15, 0.2) is 15.8 Å². The van der Waals surface area contributed by atoms with E-state index < -0.39 is 9.84 Å². The Labute approximate surface area is 116 Å². The molecule has 7 heteroatoms. The quantitative estimate of drug-likeness (QED) is 0.529. The number of hydrogen-bond acceptors (Lipinski definition) is 4. The maximum atomic E-state index is 11.3. The number of guanidine groups is 1. The third-order valence-electron chi connectivity index (χ3n) is 3.06. The van der Waals surface area contributed by atoms with E-state index in [1.807, 2.05) is 0 Å². The molecule has 0 aromatic heterocycles. The molecule has 1 heterocycles. The molecule has 6 nitrogen and oxygen atoms in total. The van der Waals surface area contributed by atoms with Gasteiger partial charge in [0.1, 0.15) is 0 Å². The Hall–Kier alpha value is -0.820. The van der Waals surface area contributed by atoms with Crippen LogP contribution in [0.15, 0.2) is 4.99 Å². The van der Waals surface area contributed by atoms with Gasteiger partial charge in [0.25, 0.3) is 0 Å². The highest BCUT2D eigenvalue weighted by Gasteiger charge is 2.20. The van der Waals surface area contributed by atoms with Crippen molar-refractivity contribution < 1.29 is 8.42 Å². The standard InChI is InChI=1S/C12H26N4O2S/c1-11(2)10-15-12(13-3)14-4-5-16-6-8-19(17,18)9-7-16/h11H,4-10H2,1-3H3,(H2,13,14,15). The van der Waals surface area contributed by atoms with Gasteiger partial charge in [-0.05, 0) is 5.92 Å². The molecule has 1 fully saturated rings. The summed E-state index contributed by atoms with van der Waals surface area (Å²) in [5, 5.41) is 6.48. The van der Waals surface area contributed by atoms with E-state index in [0.29, 0.717) is 19.0 Å². The molecule has 1 saturated heterocycles. The second-order valence-electron chi connectivity index (χ2n) is 5.27. The fourth-order valence-electron chi connectivity index (χ4n) is 1.83. The predicted molar refractivity (Wildman–Crippen MR) is 79.3 cm³/mol. The van der Waals surface area contributed by atoms with Crippen molar-refractivity contribution in [3.05, 3.63) is 0 Å². The Balaban J connectivity index is 2.19. The van der Waals surface area contributed by atoms with E-state index in [1.165, 1.54) is 0 Å². The summed E-state index contributed by atoms with van der Waals surface area (Å²) in [6.07, 6.45) is 0.